The van der Waals surface area contributed by atoms with E-state index in [0.29, 0.717) is 0 Å². The van der Waals surface area contributed by atoms with Crippen molar-refractivity contribution >= 4 is 5.82 Å². The van der Waals surface area contributed by atoms with Gasteiger partial charge in [0.25, 0.3) is 0 Å². The lowest BCUT2D eigenvalue weighted by Crippen LogP contribution is -2.30. The van der Waals surface area contributed by atoms with Crippen molar-refractivity contribution in [3.05, 3.63) is 21.7 Å². The van der Waals surface area contributed by atoms with E-state index in [-0.39, 0.29) is 5.69 Å². The van der Waals surface area contributed by atoms with Gasteiger partial charge in [-0.3, -0.25) is 0 Å². The fourth-order valence-electron chi connectivity index (χ4n) is 2.12. The van der Waals surface area contributed by atoms with Gasteiger partial charge in [0.1, 0.15) is 5.82 Å². The molecule has 0 aliphatic carbocycles. The van der Waals surface area contributed by atoms with E-state index in [1.54, 1.807) is 0 Å². The molecule has 0 saturated heterocycles. The second-order valence-electron chi connectivity index (χ2n) is 4.86. The number of fused-ring (bicyclic) bond motifs is 1. The van der Waals surface area contributed by atoms with Gasteiger partial charge in [0.05, 0.1) is 0 Å². The number of rotatable bonds is 5. The lowest BCUT2D eigenvalue weighted by atomic mass is 10.1. The van der Waals surface area contributed by atoms with Crippen LogP contribution in [0.2, 0.25) is 0 Å². The lowest BCUT2D eigenvalue weighted by Gasteiger charge is -2.19. The second-order valence-corrected chi connectivity index (χ2v) is 4.86. The summed E-state index contributed by atoms with van der Waals surface area (Å²) in [5.74, 6) is 0.736. The van der Waals surface area contributed by atoms with Crippen LogP contribution in [0.25, 0.3) is 0 Å². The first-order valence-corrected chi connectivity index (χ1v) is 6.38. The zero-order valence-corrected chi connectivity index (χ0v) is 11.0. The summed E-state index contributed by atoms with van der Waals surface area (Å²) < 4.78 is 0. The fraction of sp³-hybridized carbons (Fsp3) is 0.667. The smallest absolute Gasteiger partial charge is 0.347 e. The maximum atomic E-state index is 11.5. The Kier molecular flexibility index (Phi) is 4.33. The molecule has 0 fully saturated rings. The monoisotopic (exact) mass is 251 g/mol. The van der Waals surface area contributed by atoms with E-state index in [9.17, 15) is 4.79 Å². The number of H-pyrrole nitrogens is 1. The molecule has 0 amide bonds. The van der Waals surface area contributed by atoms with Crippen LogP contribution in [0.15, 0.2) is 4.79 Å². The first kappa shape index (κ1) is 13.0. The maximum absolute atomic E-state index is 11.5. The second kappa shape index (κ2) is 5.97. The highest BCUT2D eigenvalue weighted by atomic mass is 16.1. The van der Waals surface area contributed by atoms with Gasteiger partial charge >= 0.3 is 5.69 Å². The molecule has 0 unspecified atom stereocenters. The fourth-order valence-corrected chi connectivity index (χ4v) is 2.12. The molecule has 6 nitrogen and oxygen atoms in total. The predicted octanol–water partition coefficient (Wildman–Crippen LogP) is -0.221. The number of nitrogens with one attached hydrogen (secondary N) is 3. The van der Waals surface area contributed by atoms with E-state index in [1.165, 1.54) is 0 Å². The molecule has 0 atom stereocenters. The Balaban J connectivity index is 2.03. The third-order valence-electron chi connectivity index (χ3n) is 3.05. The van der Waals surface area contributed by atoms with Crippen molar-refractivity contribution in [2.45, 2.75) is 19.4 Å². The molecule has 18 heavy (non-hydrogen) atoms. The van der Waals surface area contributed by atoms with Crippen molar-refractivity contribution < 1.29 is 0 Å². The van der Waals surface area contributed by atoms with E-state index >= 15 is 0 Å². The zero-order chi connectivity index (χ0) is 13.0. The number of anilines is 1. The molecule has 0 radical (unpaired) electrons. The van der Waals surface area contributed by atoms with Gasteiger partial charge in [-0.25, -0.2) is 4.79 Å². The van der Waals surface area contributed by atoms with Gasteiger partial charge in [-0.1, -0.05) is 0 Å². The molecule has 1 aromatic rings. The molecule has 2 rings (SSSR count). The molecule has 0 aromatic carbocycles. The van der Waals surface area contributed by atoms with Crippen LogP contribution in [-0.2, 0) is 13.0 Å². The van der Waals surface area contributed by atoms with E-state index < -0.39 is 0 Å². The SMILES string of the molecule is CN(C)CCCNc1nc(=O)[nH]c2c1CNCC2. The Morgan fingerprint density at radius 1 is 1.44 bits per heavy atom. The third kappa shape index (κ3) is 3.30. The predicted molar refractivity (Wildman–Crippen MR) is 71.9 cm³/mol. The molecule has 1 aliphatic rings. The van der Waals surface area contributed by atoms with Crippen LogP contribution in [0.1, 0.15) is 17.7 Å². The zero-order valence-electron chi connectivity index (χ0n) is 11.0. The van der Waals surface area contributed by atoms with Crippen molar-refractivity contribution in [2.24, 2.45) is 0 Å². The summed E-state index contributed by atoms with van der Waals surface area (Å²) >= 11 is 0. The van der Waals surface area contributed by atoms with Crippen LogP contribution in [0.3, 0.4) is 0 Å². The molecule has 0 saturated carbocycles. The summed E-state index contributed by atoms with van der Waals surface area (Å²) in [6.45, 7) is 3.54. The van der Waals surface area contributed by atoms with Crippen molar-refractivity contribution in [2.75, 3.05) is 39.0 Å². The molecule has 0 bridgehead atoms. The highest BCUT2D eigenvalue weighted by Gasteiger charge is 2.15. The minimum absolute atomic E-state index is 0.259. The quantitative estimate of drug-likeness (QED) is 0.631. The van der Waals surface area contributed by atoms with Crippen molar-refractivity contribution in [1.29, 1.82) is 0 Å². The Hall–Kier alpha value is -1.40. The van der Waals surface area contributed by atoms with Crippen LogP contribution in [0, 0.1) is 0 Å². The summed E-state index contributed by atoms with van der Waals surface area (Å²) in [7, 11) is 4.11. The highest BCUT2D eigenvalue weighted by molar-refractivity contribution is 5.46. The van der Waals surface area contributed by atoms with E-state index in [4.69, 9.17) is 0 Å². The van der Waals surface area contributed by atoms with Crippen molar-refractivity contribution in [3.63, 3.8) is 0 Å². The summed E-state index contributed by atoms with van der Waals surface area (Å²) in [6, 6.07) is 0. The molecule has 0 spiro atoms. The van der Waals surface area contributed by atoms with Gasteiger partial charge in [-0.05, 0) is 27.1 Å². The first-order valence-electron chi connectivity index (χ1n) is 6.38. The third-order valence-corrected chi connectivity index (χ3v) is 3.05. The molecule has 6 heteroatoms. The molecule has 2 heterocycles. The minimum Gasteiger partial charge on any atom is -0.370 e. The average Bonchev–Trinajstić information content (AvgIpc) is 2.34. The van der Waals surface area contributed by atoms with Gasteiger partial charge < -0.3 is 20.5 Å². The van der Waals surface area contributed by atoms with Crippen LogP contribution in [0.5, 0.6) is 0 Å². The molecular weight excluding hydrogens is 230 g/mol. The van der Waals surface area contributed by atoms with E-state index in [0.717, 1.165) is 56.1 Å². The lowest BCUT2D eigenvalue weighted by molar-refractivity contribution is 0.405. The van der Waals surface area contributed by atoms with Crippen molar-refractivity contribution in [3.8, 4) is 0 Å². The van der Waals surface area contributed by atoms with Crippen LogP contribution in [0.4, 0.5) is 5.82 Å². The van der Waals surface area contributed by atoms with E-state index in [1.807, 2.05) is 0 Å². The molecule has 100 valence electrons. The Morgan fingerprint density at radius 2 is 2.28 bits per heavy atom. The Labute approximate surface area is 107 Å². The van der Waals surface area contributed by atoms with Gasteiger partial charge in [-0.15, -0.1) is 0 Å². The number of aromatic nitrogens is 2. The molecule has 1 aromatic heterocycles. The highest BCUT2D eigenvalue weighted by Crippen LogP contribution is 2.16. The number of nitrogens with zero attached hydrogens (tertiary/aromatic N) is 2. The average molecular weight is 251 g/mol. The van der Waals surface area contributed by atoms with Gasteiger partial charge in [-0.2, -0.15) is 4.98 Å². The number of hydrogen-bond donors (Lipinski definition) is 3. The summed E-state index contributed by atoms with van der Waals surface area (Å²) in [5.41, 5.74) is 1.86. The molecule has 3 N–H and O–H groups in total. The maximum Gasteiger partial charge on any atom is 0.347 e. The number of aromatic amines is 1. The number of hydrogen-bond acceptors (Lipinski definition) is 5. The Bertz CT molecular complexity index is 454. The van der Waals surface area contributed by atoms with E-state index in [2.05, 4.69) is 39.6 Å². The largest absolute Gasteiger partial charge is 0.370 e. The van der Waals surface area contributed by atoms with Gasteiger partial charge in [0.15, 0.2) is 0 Å². The standard InChI is InChI=1S/C12H21N5O/c1-17(2)7-3-5-14-11-9-8-13-6-4-10(9)15-12(18)16-11/h13H,3-8H2,1-2H3,(H2,14,15,16,18). The molecular formula is C12H21N5O. The topological polar surface area (TPSA) is 73.0 Å². The van der Waals surface area contributed by atoms with Gasteiger partial charge in [0.2, 0.25) is 0 Å². The van der Waals surface area contributed by atoms with Crippen LogP contribution >= 0.6 is 0 Å². The normalized spacial score (nSPS) is 14.6. The first-order chi connectivity index (χ1) is 8.66. The minimum atomic E-state index is -0.259. The summed E-state index contributed by atoms with van der Waals surface area (Å²) in [6.07, 6.45) is 1.89. The van der Waals surface area contributed by atoms with Crippen molar-refractivity contribution in [1.82, 2.24) is 20.2 Å². The summed E-state index contributed by atoms with van der Waals surface area (Å²) in [4.78, 5) is 20.5. The summed E-state index contributed by atoms with van der Waals surface area (Å²) in [5, 5.41) is 6.57. The van der Waals surface area contributed by atoms with Crippen LogP contribution < -0.4 is 16.3 Å². The van der Waals surface area contributed by atoms with Gasteiger partial charge in [0, 0.05) is 37.3 Å². The molecule has 1 aliphatic heterocycles. The Morgan fingerprint density at radius 3 is 3.06 bits per heavy atom. The van der Waals surface area contributed by atoms with Crippen LogP contribution in [-0.4, -0.2) is 48.6 Å².